The van der Waals surface area contributed by atoms with Gasteiger partial charge in [-0.05, 0) is 63.3 Å². The van der Waals surface area contributed by atoms with Crippen LogP contribution in [0.3, 0.4) is 0 Å². The van der Waals surface area contributed by atoms with E-state index in [1.54, 1.807) is 13.4 Å². The van der Waals surface area contributed by atoms with Crippen LogP contribution in [-0.2, 0) is 0 Å². The largest absolute Gasteiger partial charge is 0.495 e. The number of ether oxygens (including phenoxy) is 1. The number of benzene rings is 1. The number of carbonyl (C=O) groups is 1. The Morgan fingerprint density at radius 1 is 1.28 bits per heavy atom. The van der Waals surface area contributed by atoms with Crippen LogP contribution in [0.25, 0.3) is 10.2 Å². The van der Waals surface area contributed by atoms with Crippen molar-refractivity contribution < 1.29 is 9.53 Å². The van der Waals surface area contributed by atoms with Gasteiger partial charge in [0.05, 0.1) is 23.1 Å². The molecule has 1 aromatic carbocycles. The third-order valence-electron chi connectivity index (χ3n) is 5.59. The van der Waals surface area contributed by atoms with Gasteiger partial charge in [-0.2, -0.15) is 0 Å². The zero-order valence-electron chi connectivity index (χ0n) is 17.3. The van der Waals surface area contributed by atoms with Gasteiger partial charge >= 0.3 is 0 Å². The Labute approximate surface area is 174 Å². The molecule has 1 fully saturated rings. The summed E-state index contributed by atoms with van der Waals surface area (Å²) in [4.78, 5) is 26.1. The number of thiophene rings is 1. The fourth-order valence-electron chi connectivity index (χ4n) is 4.00. The summed E-state index contributed by atoms with van der Waals surface area (Å²) in [6, 6.07) is 6.18. The maximum absolute atomic E-state index is 13.1. The quantitative estimate of drug-likeness (QED) is 0.659. The lowest BCUT2D eigenvalue weighted by molar-refractivity contribution is 0.102. The molecular formula is C22H26N4O2S. The maximum atomic E-state index is 13.1. The van der Waals surface area contributed by atoms with Gasteiger partial charge in [-0.15, -0.1) is 11.3 Å². The molecule has 0 spiro atoms. The standard InChI is InChI=1S/C22H26N4O2S/c1-13-8-9-17(28-4)16(11-13)25-21(27)19-15(3)18-20(23-12-24-22(18)29-19)26-10-6-5-7-14(26)2/h8-9,11-12,14H,5-7,10H2,1-4H3,(H,25,27)/t14-/m0/s1. The first-order valence-electron chi connectivity index (χ1n) is 9.96. The number of nitrogens with one attached hydrogen (secondary N) is 1. The molecule has 3 heterocycles. The molecule has 1 atom stereocenters. The minimum Gasteiger partial charge on any atom is -0.495 e. The Morgan fingerprint density at radius 3 is 2.86 bits per heavy atom. The molecular weight excluding hydrogens is 384 g/mol. The lowest BCUT2D eigenvalue weighted by atomic mass is 10.0. The molecule has 1 N–H and O–H groups in total. The molecule has 6 nitrogen and oxygen atoms in total. The van der Waals surface area contributed by atoms with Crippen molar-refractivity contribution >= 4 is 39.0 Å². The van der Waals surface area contributed by atoms with E-state index in [-0.39, 0.29) is 5.91 Å². The molecule has 0 radical (unpaired) electrons. The number of hydrogen-bond donors (Lipinski definition) is 1. The molecule has 152 valence electrons. The smallest absolute Gasteiger partial charge is 0.266 e. The summed E-state index contributed by atoms with van der Waals surface area (Å²) in [5.41, 5.74) is 2.66. The summed E-state index contributed by atoms with van der Waals surface area (Å²) in [5.74, 6) is 1.44. The van der Waals surface area contributed by atoms with Crippen molar-refractivity contribution in [1.29, 1.82) is 0 Å². The highest BCUT2D eigenvalue weighted by atomic mass is 32.1. The number of methoxy groups -OCH3 is 1. The van der Waals surface area contributed by atoms with Crippen LogP contribution in [0.2, 0.25) is 0 Å². The van der Waals surface area contributed by atoms with Gasteiger partial charge in [0.15, 0.2) is 0 Å². The van der Waals surface area contributed by atoms with Gasteiger partial charge in [0.25, 0.3) is 5.91 Å². The monoisotopic (exact) mass is 410 g/mol. The summed E-state index contributed by atoms with van der Waals surface area (Å²) in [7, 11) is 1.60. The molecule has 29 heavy (non-hydrogen) atoms. The van der Waals surface area contributed by atoms with Gasteiger partial charge in [-0.25, -0.2) is 9.97 Å². The van der Waals surface area contributed by atoms with E-state index in [0.29, 0.717) is 22.4 Å². The molecule has 0 aliphatic carbocycles. The minimum absolute atomic E-state index is 0.146. The zero-order valence-corrected chi connectivity index (χ0v) is 18.1. The van der Waals surface area contributed by atoms with Crippen molar-refractivity contribution in [3.8, 4) is 5.75 Å². The third kappa shape index (κ3) is 3.67. The Balaban J connectivity index is 1.72. The number of aromatic nitrogens is 2. The normalized spacial score (nSPS) is 16.8. The number of anilines is 2. The number of amides is 1. The van der Waals surface area contributed by atoms with Crippen LogP contribution in [0.4, 0.5) is 11.5 Å². The fourth-order valence-corrected chi connectivity index (χ4v) is 5.04. The summed E-state index contributed by atoms with van der Waals surface area (Å²) in [5, 5.41) is 4.01. The van der Waals surface area contributed by atoms with E-state index in [1.165, 1.54) is 24.2 Å². The highest BCUT2D eigenvalue weighted by Gasteiger charge is 2.26. The number of piperidine rings is 1. The van der Waals surface area contributed by atoms with Gasteiger partial charge < -0.3 is 15.0 Å². The average molecular weight is 411 g/mol. The van der Waals surface area contributed by atoms with Gasteiger partial charge in [-0.3, -0.25) is 4.79 Å². The highest BCUT2D eigenvalue weighted by Crippen LogP contribution is 2.37. The second-order valence-electron chi connectivity index (χ2n) is 7.63. The minimum atomic E-state index is -0.146. The number of rotatable bonds is 4. The van der Waals surface area contributed by atoms with E-state index in [1.807, 2.05) is 32.0 Å². The van der Waals surface area contributed by atoms with E-state index in [9.17, 15) is 4.79 Å². The molecule has 1 saturated heterocycles. The van der Waals surface area contributed by atoms with E-state index in [2.05, 4.69) is 27.1 Å². The fraction of sp³-hybridized carbons (Fsp3) is 0.409. The van der Waals surface area contributed by atoms with E-state index >= 15 is 0 Å². The Bertz CT molecular complexity index is 1060. The number of nitrogens with zero attached hydrogens (tertiary/aromatic N) is 3. The van der Waals surface area contributed by atoms with Crippen LogP contribution >= 0.6 is 11.3 Å². The molecule has 1 aliphatic rings. The second kappa shape index (κ2) is 7.99. The van der Waals surface area contributed by atoms with Crippen LogP contribution < -0.4 is 15.0 Å². The van der Waals surface area contributed by atoms with Gasteiger partial charge in [-0.1, -0.05) is 6.07 Å². The Morgan fingerprint density at radius 2 is 2.10 bits per heavy atom. The van der Waals surface area contributed by atoms with Crippen LogP contribution in [0.15, 0.2) is 24.5 Å². The van der Waals surface area contributed by atoms with E-state index in [4.69, 9.17) is 4.74 Å². The number of carbonyl (C=O) groups excluding carboxylic acids is 1. The predicted molar refractivity (Wildman–Crippen MR) is 118 cm³/mol. The Hall–Kier alpha value is -2.67. The first kappa shape index (κ1) is 19.6. The van der Waals surface area contributed by atoms with Crippen molar-refractivity contribution in [2.75, 3.05) is 23.9 Å². The second-order valence-corrected chi connectivity index (χ2v) is 8.63. The average Bonchev–Trinajstić information content (AvgIpc) is 3.06. The SMILES string of the molecule is COc1ccc(C)cc1NC(=O)c1sc2ncnc(N3CCCC[C@@H]3C)c2c1C. The van der Waals surface area contributed by atoms with Gasteiger partial charge in [0.1, 0.15) is 22.7 Å². The van der Waals surface area contributed by atoms with Crippen molar-refractivity contribution in [2.45, 2.75) is 46.1 Å². The number of aryl methyl sites for hydroxylation is 2. The molecule has 0 unspecified atom stereocenters. The van der Waals surface area contributed by atoms with Crippen molar-refractivity contribution in [2.24, 2.45) is 0 Å². The van der Waals surface area contributed by atoms with E-state index < -0.39 is 0 Å². The van der Waals surface area contributed by atoms with Crippen LogP contribution in [0.1, 0.15) is 47.0 Å². The van der Waals surface area contributed by atoms with Gasteiger partial charge in [0, 0.05) is 12.6 Å². The van der Waals surface area contributed by atoms with Crippen molar-refractivity contribution in [3.05, 3.63) is 40.5 Å². The highest BCUT2D eigenvalue weighted by molar-refractivity contribution is 7.20. The van der Waals surface area contributed by atoms with Crippen LogP contribution in [0, 0.1) is 13.8 Å². The summed E-state index contributed by atoms with van der Waals surface area (Å²) < 4.78 is 5.40. The molecule has 0 saturated carbocycles. The molecule has 0 bridgehead atoms. The van der Waals surface area contributed by atoms with Crippen molar-refractivity contribution in [1.82, 2.24) is 9.97 Å². The predicted octanol–water partition coefficient (Wildman–Crippen LogP) is 4.95. The molecule has 3 aromatic rings. The summed E-state index contributed by atoms with van der Waals surface area (Å²) in [6.45, 7) is 7.21. The van der Waals surface area contributed by atoms with Crippen LogP contribution in [0.5, 0.6) is 5.75 Å². The first-order chi connectivity index (χ1) is 14.0. The summed E-state index contributed by atoms with van der Waals surface area (Å²) >= 11 is 1.42. The molecule has 4 rings (SSSR count). The third-order valence-corrected chi connectivity index (χ3v) is 6.79. The number of fused-ring (bicyclic) bond motifs is 1. The molecule has 7 heteroatoms. The zero-order chi connectivity index (χ0) is 20.5. The number of hydrogen-bond acceptors (Lipinski definition) is 6. The lowest BCUT2D eigenvalue weighted by Crippen LogP contribution is -2.38. The van der Waals surface area contributed by atoms with Crippen LogP contribution in [-0.4, -0.2) is 35.6 Å². The lowest BCUT2D eigenvalue weighted by Gasteiger charge is -2.34. The maximum Gasteiger partial charge on any atom is 0.266 e. The van der Waals surface area contributed by atoms with Crippen molar-refractivity contribution in [3.63, 3.8) is 0 Å². The Kier molecular flexibility index (Phi) is 5.41. The van der Waals surface area contributed by atoms with E-state index in [0.717, 1.165) is 40.1 Å². The first-order valence-corrected chi connectivity index (χ1v) is 10.8. The topological polar surface area (TPSA) is 67.3 Å². The summed E-state index contributed by atoms with van der Waals surface area (Å²) in [6.07, 6.45) is 5.19. The van der Waals surface area contributed by atoms with Gasteiger partial charge in [0.2, 0.25) is 0 Å². The molecule has 1 amide bonds. The molecule has 2 aromatic heterocycles. The molecule has 1 aliphatic heterocycles.